The van der Waals surface area contributed by atoms with Gasteiger partial charge >= 0.3 is 0 Å². The number of anilines is 2. The molecule has 0 aromatic heterocycles. The molecule has 10 heteroatoms. The van der Waals surface area contributed by atoms with E-state index in [1.54, 1.807) is 24.3 Å². The van der Waals surface area contributed by atoms with E-state index in [2.05, 4.69) is 10.6 Å². The first-order valence-corrected chi connectivity index (χ1v) is 11.6. The zero-order valence-electron chi connectivity index (χ0n) is 17.6. The number of nitrogens with one attached hydrogen (secondary N) is 2. The number of hydrogen-bond donors (Lipinski definition) is 2. The van der Waals surface area contributed by atoms with Gasteiger partial charge in [0.25, 0.3) is 0 Å². The van der Waals surface area contributed by atoms with Crippen LogP contribution >= 0.6 is 11.6 Å². The zero-order valence-corrected chi connectivity index (χ0v) is 19.2. The molecule has 0 saturated heterocycles. The number of benzene rings is 3. The van der Waals surface area contributed by atoms with E-state index in [0.29, 0.717) is 22.0 Å². The molecule has 7 nitrogen and oxygen atoms in total. The van der Waals surface area contributed by atoms with Crippen molar-refractivity contribution < 1.29 is 22.4 Å². The van der Waals surface area contributed by atoms with E-state index in [1.165, 1.54) is 55.5 Å². The third-order valence-electron chi connectivity index (χ3n) is 4.51. The van der Waals surface area contributed by atoms with Crippen LogP contribution in [0.2, 0.25) is 5.02 Å². The largest absolute Gasteiger partial charge is 0.326 e. The maximum Gasteiger partial charge on any atom is 0.243 e. The third-order valence-corrected chi connectivity index (χ3v) is 6.57. The molecule has 0 aliphatic carbocycles. The summed E-state index contributed by atoms with van der Waals surface area (Å²) in [4.78, 5) is 24.0. The van der Waals surface area contributed by atoms with Gasteiger partial charge in [-0.1, -0.05) is 29.8 Å². The lowest BCUT2D eigenvalue weighted by molar-refractivity contribution is -0.116. The van der Waals surface area contributed by atoms with Crippen LogP contribution in [0.1, 0.15) is 12.5 Å². The van der Waals surface area contributed by atoms with Crippen LogP contribution in [0.3, 0.4) is 0 Å². The topological polar surface area (TPSA) is 95.6 Å². The zero-order chi connectivity index (χ0) is 24.0. The predicted molar refractivity (Wildman–Crippen MR) is 125 cm³/mol. The van der Waals surface area contributed by atoms with Crippen LogP contribution in [-0.2, 0) is 26.2 Å². The Morgan fingerprint density at radius 1 is 0.939 bits per heavy atom. The molecular weight excluding hydrogens is 469 g/mol. The van der Waals surface area contributed by atoms with Crippen molar-refractivity contribution in [1.82, 2.24) is 4.31 Å². The lowest BCUT2D eigenvalue weighted by Crippen LogP contribution is -2.37. The normalized spacial score (nSPS) is 11.3. The molecular formula is C23H21ClFN3O4S. The van der Waals surface area contributed by atoms with Crippen molar-refractivity contribution in [2.24, 2.45) is 0 Å². The van der Waals surface area contributed by atoms with Crippen LogP contribution in [-0.4, -0.2) is 31.1 Å². The van der Waals surface area contributed by atoms with Gasteiger partial charge in [-0.3, -0.25) is 9.59 Å². The first kappa shape index (κ1) is 24.4. The second-order valence-electron chi connectivity index (χ2n) is 7.16. The van der Waals surface area contributed by atoms with E-state index in [0.717, 1.165) is 4.31 Å². The molecule has 3 aromatic rings. The summed E-state index contributed by atoms with van der Waals surface area (Å²) in [6, 6.07) is 17.4. The smallest absolute Gasteiger partial charge is 0.243 e. The summed E-state index contributed by atoms with van der Waals surface area (Å²) in [6.07, 6.45) is 0. The van der Waals surface area contributed by atoms with Gasteiger partial charge in [-0.05, 0) is 60.2 Å². The molecule has 0 saturated carbocycles. The van der Waals surface area contributed by atoms with Gasteiger partial charge in [0, 0.05) is 29.9 Å². The molecule has 0 atom stereocenters. The fourth-order valence-corrected chi connectivity index (χ4v) is 4.52. The monoisotopic (exact) mass is 489 g/mol. The summed E-state index contributed by atoms with van der Waals surface area (Å²) in [5.74, 6) is -1.31. The minimum absolute atomic E-state index is 0.0329. The number of rotatable bonds is 8. The van der Waals surface area contributed by atoms with Gasteiger partial charge in [0.15, 0.2) is 0 Å². The first-order chi connectivity index (χ1) is 15.6. The second-order valence-corrected chi connectivity index (χ2v) is 9.54. The molecule has 3 rings (SSSR count). The van der Waals surface area contributed by atoms with Crippen LogP contribution in [0.4, 0.5) is 15.8 Å². The molecule has 0 aliphatic heterocycles. The molecule has 2 amide bonds. The molecule has 0 aliphatic rings. The quantitative estimate of drug-likeness (QED) is 0.494. The van der Waals surface area contributed by atoms with Crippen LogP contribution in [0, 0.1) is 5.82 Å². The van der Waals surface area contributed by atoms with Crippen LogP contribution < -0.4 is 10.6 Å². The average molecular weight is 490 g/mol. The maximum absolute atomic E-state index is 13.3. The lowest BCUT2D eigenvalue weighted by Gasteiger charge is -2.22. The summed E-state index contributed by atoms with van der Waals surface area (Å²) in [7, 11) is -4.07. The third kappa shape index (κ3) is 6.85. The summed E-state index contributed by atoms with van der Waals surface area (Å²) in [5, 5.41) is 5.62. The highest BCUT2D eigenvalue weighted by molar-refractivity contribution is 7.89. The van der Waals surface area contributed by atoms with Gasteiger partial charge in [0.1, 0.15) is 5.82 Å². The number of carbonyl (C=O) groups excluding carboxylic acids is 2. The van der Waals surface area contributed by atoms with Gasteiger partial charge in [0.05, 0.1) is 11.4 Å². The number of carbonyl (C=O) groups is 2. The molecule has 2 N–H and O–H groups in total. The second kappa shape index (κ2) is 10.6. The maximum atomic E-state index is 13.3. The molecule has 0 unspecified atom stereocenters. The number of amides is 2. The fraction of sp³-hybridized carbons (Fsp3) is 0.130. The van der Waals surface area contributed by atoms with Crippen molar-refractivity contribution in [3.8, 4) is 0 Å². The SMILES string of the molecule is CC(=O)Nc1cccc(NC(=O)CN(Cc2ccc(F)cc2)S(=O)(=O)c2ccc(Cl)cc2)c1. The van der Waals surface area contributed by atoms with Crippen molar-refractivity contribution in [2.45, 2.75) is 18.4 Å². The van der Waals surface area contributed by atoms with E-state index < -0.39 is 28.3 Å². The minimum atomic E-state index is -4.07. The summed E-state index contributed by atoms with van der Waals surface area (Å²) in [6.45, 7) is 0.720. The Morgan fingerprint density at radius 2 is 1.55 bits per heavy atom. The molecule has 33 heavy (non-hydrogen) atoms. The lowest BCUT2D eigenvalue weighted by atomic mass is 10.2. The van der Waals surface area contributed by atoms with Crippen LogP contribution in [0.25, 0.3) is 0 Å². The van der Waals surface area contributed by atoms with E-state index in [1.807, 2.05) is 0 Å². The molecule has 0 radical (unpaired) electrons. The van der Waals surface area contributed by atoms with Crippen molar-refractivity contribution in [3.63, 3.8) is 0 Å². The molecule has 0 heterocycles. The number of halogens is 2. The van der Waals surface area contributed by atoms with Crippen LogP contribution in [0.15, 0.2) is 77.7 Å². The summed E-state index contributed by atoms with van der Waals surface area (Å²) < 4.78 is 40.8. The average Bonchev–Trinajstić information content (AvgIpc) is 2.75. The van der Waals surface area contributed by atoms with E-state index >= 15 is 0 Å². The Balaban J connectivity index is 1.84. The fourth-order valence-electron chi connectivity index (χ4n) is 3.01. The Morgan fingerprint density at radius 3 is 2.15 bits per heavy atom. The first-order valence-electron chi connectivity index (χ1n) is 9.81. The number of hydrogen-bond acceptors (Lipinski definition) is 4. The molecule has 0 spiro atoms. The Bertz CT molecular complexity index is 1250. The molecule has 172 valence electrons. The summed E-state index contributed by atoms with van der Waals surface area (Å²) >= 11 is 5.87. The van der Waals surface area contributed by atoms with Crippen molar-refractivity contribution >= 4 is 44.8 Å². The highest BCUT2D eigenvalue weighted by Crippen LogP contribution is 2.21. The highest BCUT2D eigenvalue weighted by Gasteiger charge is 2.27. The Hall–Kier alpha value is -3.27. The van der Waals surface area contributed by atoms with Crippen LogP contribution in [0.5, 0.6) is 0 Å². The van der Waals surface area contributed by atoms with Crippen molar-refractivity contribution in [2.75, 3.05) is 17.2 Å². The predicted octanol–water partition coefficient (Wildman–Crippen LogP) is 4.27. The highest BCUT2D eigenvalue weighted by atomic mass is 35.5. The molecule has 0 bridgehead atoms. The van der Waals surface area contributed by atoms with Gasteiger partial charge < -0.3 is 10.6 Å². The molecule has 3 aromatic carbocycles. The Kier molecular flexibility index (Phi) is 7.80. The van der Waals surface area contributed by atoms with Gasteiger partial charge in [0.2, 0.25) is 21.8 Å². The Labute approximate surface area is 196 Å². The standard InChI is InChI=1S/C23H21ClFN3O4S/c1-16(29)26-20-3-2-4-21(13-20)27-23(30)15-28(14-17-5-9-19(25)10-6-17)33(31,32)22-11-7-18(24)8-12-22/h2-13H,14-15H2,1H3,(H,26,29)(H,27,30). The van der Waals surface area contributed by atoms with Gasteiger partial charge in [-0.25, -0.2) is 12.8 Å². The van der Waals surface area contributed by atoms with E-state index in [9.17, 15) is 22.4 Å². The van der Waals surface area contributed by atoms with Crippen molar-refractivity contribution in [1.29, 1.82) is 0 Å². The number of nitrogens with zero attached hydrogens (tertiary/aromatic N) is 1. The summed E-state index contributed by atoms with van der Waals surface area (Å²) in [5.41, 5.74) is 1.38. The van der Waals surface area contributed by atoms with E-state index in [-0.39, 0.29) is 17.3 Å². The van der Waals surface area contributed by atoms with Gasteiger partial charge in [-0.15, -0.1) is 0 Å². The van der Waals surface area contributed by atoms with Gasteiger partial charge in [-0.2, -0.15) is 4.31 Å². The number of sulfonamides is 1. The van der Waals surface area contributed by atoms with Crippen molar-refractivity contribution in [3.05, 3.63) is 89.2 Å². The molecule has 0 fully saturated rings. The minimum Gasteiger partial charge on any atom is -0.326 e. The van der Waals surface area contributed by atoms with E-state index in [4.69, 9.17) is 11.6 Å².